The summed E-state index contributed by atoms with van der Waals surface area (Å²) in [6.07, 6.45) is 1.10. The van der Waals surface area contributed by atoms with Crippen molar-refractivity contribution in [3.05, 3.63) is 37.7 Å². The molecule has 2 amide bonds. The standard InChI is InChI=1S/C14H11ClN2O7S/c1-6(13(20)24-2)16-12(19)10(25-14(16)21)4-7-3-8(15)5-9(11(7)18)17(22)23/h3-6,18H,1-2H3/b10-4+/t6-/m0/s1. The first kappa shape index (κ1) is 18.7. The molecule has 0 saturated carbocycles. The Kier molecular flexibility index (Phi) is 5.33. The van der Waals surface area contributed by atoms with Crippen LogP contribution in [0.1, 0.15) is 12.5 Å². The number of ether oxygens (including phenoxy) is 1. The van der Waals surface area contributed by atoms with Crippen molar-refractivity contribution in [1.82, 2.24) is 4.90 Å². The number of methoxy groups -OCH3 is 1. The highest BCUT2D eigenvalue weighted by Crippen LogP contribution is 2.38. The number of nitro groups is 1. The Bertz CT molecular complexity index is 824. The fraction of sp³-hybridized carbons (Fsp3) is 0.214. The number of imide groups is 1. The largest absolute Gasteiger partial charge is 0.502 e. The first-order valence-electron chi connectivity index (χ1n) is 6.69. The van der Waals surface area contributed by atoms with Gasteiger partial charge in [0.05, 0.1) is 16.9 Å². The number of halogens is 1. The molecule has 132 valence electrons. The summed E-state index contributed by atoms with van der Waals surface area (Å²) in [7, 11) is 1.12. The van der Waals surface area contributed by atoms with Gasteiger partial charge in [-0.05, 0) is 30.8 Å². The summed E-state index contributed by atoms with van der Waals surface area (Å²) in [5.74, 6) is -2.25. The molecule has 0 radical (unpaired) electrons. The maximum Gasteiger partial charge on any atom is 0.328 e. The summed E-state index contributed by atoms with van der Waals surface area (Å²) in [5.41, 5.74) is -0.740. The number of esters is 1. The van der Waals surface area contributed by atoms with Crippen molar-refractivity contribution in [2.24, 2.45) is 0 Å². The predicted octanol–water partition coefficient (Wildman–Crippen LogP) is 2.55. The molecule has 1 aromatic rings. The fourth-order valence-corrected chi connectivity index (χ4v) is 3.21. The van der Waals surface area contributed by atoms with Crippen LogP contribution in [0.2, 0.25) is 5.02 Å². The van der Waals surface area contributed by atoms with Crippen molar-refractivity contribution in [3.63, 3.8) is 0 Å². The number of phenols is 1. The zero-order valence-corrected chi connectivity index (χ0v) is 14.5. The number of phenolic OH excluding ortho intramolecular Hbond substituents is 1. The molecule has 1 atom stereocenters. The van der Waals surface area contributed by atoms with Gasteiger partial charge >= 0.3 is 11.7 Å². The van der Waals surface area contributed by atoms with Crippen LogP contribution in [0.5, 0.6) is 5.75 Å². The molecule has 1 fully saturated rings. The van der Waals surface area contributed by atoms with Crippen LogP contribution in [0, 0.1) is 10.1 Å². The number of hydrogen-bond donors (Lipinski definition) is 1. The third-order valence-corrected chi connectivity index (χ3v) is 4.42. The number of carbonyl (C=O) groups is 3. The average Bonchev–Trinajstić information content (AvgIpc) is 2.82. The number of rotatable bonds is 4. The molecule has 11 heteroatoms. The van der Waals surface area contributed by atoms with Gasteiger partial charge in [0.1, 0.15) is 6.04 Å². The zero-order valence-electron chi connectivity index (χ0n) is 12.9. The second-order valence-electron chi connectivity index (χ2n) is 4.87. The van der Waals surface area contributed by atoms with E-state index in [-0.39, 0.29) is 15.5 Å². The Morgan fingerprint density at radius 3 is 2.68 bits per heavy atom. The highest BCUT2D eigenvalue weighted by molar-refractivity contribution is 8.18. The number of amides is 2. The quantitative estimate of drug-likeness (QED) is 0.362. The Balaban J connectivity index is 2.44. The van der Waals surface area contributed by atoms with Gasteiger partial charge in [0.25, 0.3) is 11.1 Å². The molecule has 1 heterocycles. The van der Waals surface area contributed by atoms with Gasteiger partial charge in [-0.1, -0.05) is 11.6 Å². The summed E-state index contributed by atoms with van der Waals surface area (Å²) >= 11 is 6.31. The molecule has 0 aliphatic carbocycles. The molecule has 25 heavy (non-hydrogen) atoms. The van der Waals surface area contributed by atoms with Crippen LogP contribution in [0.15, 0.2) is 17.0 Å². The van der Waals surface area contributed by atoms with Crippen molar-refractivity contribution in [3.8, 4) is 5.75 Å². The number of aromatic hydroxyl groups is 1. The van der Waals surface area contributed by atoms with Gasteiger partial charge in [-0.25, -0.2) is 4.79 Å². The highest BCUT2D eigenvalue weighted by Gasteiger charge is 2.41. The van der Waals surface area contributed by atoms with Crippen molar-refractivity contribution in [2.75, 3.05) is 7.11 Å². The van der Waals surface area contributed by atoms with Crippen LogP contribution in [-0.2, 0) is 14.3 Å². The van der Waals surface area contributed by atoms with Crippen molar-refractivity contribution in [2.45, 2.75) is 13.0 Å². The van der Waals surface area contributed by atoms with Crippen LogP contribution in [0.3, 0.4) is 0 Å². The van der Waals surface area contributed by atoms with Crippen LogP contribution in [0.4, 0.5) is 10.5 Å². The van der Waals surface area contributed by atoms with E-state index < -0.39 is 39.5 Å². The summed E-state index contributed by atoms with van der Waals surface area (Å²) in [6.45, 7) is 1.33. The first-order chi connectivity index (χ1) is 11.7. The van der Waals surface area contributed by atoms with E-state index in [1.807, 2.05) is 0 Å². The summed E-state index contributed by atoms with van der Waals surface area (Å²) in [5, 5.41) is 20.1. The van der Waals surface area contributed by atoms with Crippen LogP contribution >= 0.6 is 23.4 Å². The highest BCUT2D eigenvalue weighted by atomic mass is 35.5. The van der Waals surface area contributed by atoms with Crippen molar-refractivity contribution < 1.29 is 29.2 Å². The molecule has 1 saturated heterocycles. The Labute approximate surface area is 150 Å². The van der Waals surface area contributed by atoms with Gasteiger partial charge < -0.3 is 9.84 Å². The molecule has 0 aromatic heterocycles. The third-order valence-electron chi connectivity index (χ3n) is 3.32. The van der Waals surface area contributed by atoms with Gasteiger partial charge in [0.2, 0.25) is 5.75 Å². The molecular formula is C14H11ClN2O7S. The van der Waals surface area contributed by atoms with Gasteiger partial charge in [0.15, 0.2) is 0 Å². The van der Waals surface area contributed by atoms with Crippen LogP contribution in [0.25, 0.3) is 6.08 Å². The molecule has 1 aliphatic rings. The van der Waals surface area contributed by atoms with E-state index in [1.54, 1.807) is 0 Å². The smallest absolute Gasteiger partial charge is 0.328 e. The van der Waals surface area contributed by atoms with Gasteiger partial charge in [-0.2, -0.15) is 0 Å². The second kappa shape index (κ2) is 7.11. The minimum atomic E-state index is -1.13. The second-order valence-corrected chi connectivity index (χ2v) is 6.30. The SMILES string of the molecule is COC(=O)[C@H](C)N1C(=O)S/C(=C/c2cc(Cl)cc([N+](=O)[O-])c2O)C1=O. The molecule has 1 aromatic carbocycles. The lowest BCUT2D eigenvalue weighted by Crippen LogP contribution is -2.42. The minimum absolute atomic E-state index is 0.0297. The maximum absolute atomic E-state index is 12.4. The van der Waals surface area contributed by atoms with E-state index in [9.17, 15) is 29.6 Å². The van der Waals surface area contributed by atoms with E-state index in [2.05, 4.69) is 4.74 Å². The monoisotopic (exact) mass is 386 g/mol. The number of thioether (sulfide) groups is 1. The van der Waals surface area contributed by atoms with E-state index in [4.69, 9.17) is 11.6 Å². The zero-order chi connectivity index (χ0) is 18.9. The lowest BCUT2D eigenvalue weighted by Gasteiger charge is -2.18. The van der Waals surface area contributed by atoms with E-state index >= 15 is 0 Å². The number of nitrogens with zero attached hydrogens (tertiary/aromatic N) is 2. The molecular weight excluding hydrogens is 376 g/mol. The Hall–Kier alpha value is -2.59. The normalized spacial score (nSPS) is 17.1. The molecule has 1 N–H and O–H groups in total. The molecule has 0 spiro atoms. The number of nitro benzene ring substituents is 1. The third kappa shape index (κ3) is 3.59. The van der Waals surface area contributed by atoms with E-state index in [0.717, 1.165) is 19.3 Å². The number of hydrogen-bond acceptors (Lipinski definition) is 8. The van der Waals surface area contributed by atoms with E-state index in [1.165, 1.54) is 13.0 Å². The van der Waals surface area contributed by atoms with Crippen molar-refractivity contribution in [1.29, 1.82) is 0 Å². The molecule has 1 aliphatic heterocycles. The van der Waals surface area contributed by atoms with Gasteiger partial charge in [-0.3, -0.25) is 24.6 Å². The fourth-order valence-electron chi connectivity index (χ4n) is 2.09. The van der Waals surface area contributed by atoms with Crippen molar-refractivity contribution >= 4 is 52.2 Å². The van der Waals surface area contributed by atoms with E-state index in [0.29, 0.717) is 16.7 Å². The molecule has 2 rings (SSSR count). The predicted molar refractivity (Wildman–Crippen MR) is 89.1 cm³/mol. The number of carbonyl (C=O) groups excluding carboxylic acids is 3. The summed E-state index contributed by atoms with van der Waals surface area (Å²) < 4.78 is 4.51. The average molecular weight is 387 g/mol. The molecule has 0 unspecified atom stereocenters. The lowest BCUT2D eigenvalue weighted by atomic mass is 10.1. The molecule has 0 bridgehead atoms. The lowest BCUT2D eigenvalue weighted by molar-refractivity contribution is -0.385. The Morgan fingerprint density at radius 1 is 1.48 bits per heavy atom. The van der Waals surface area contributed by atoms with Gasteiger partial charge in [0, 0.05) is 16.7 Å². The Morgan fingerprint density at radius 2 is 2.12 bits per heavy atom. The summed E-state index contributed by atoms with van der Waals surface area (Å²) in [6, 6.07) is 1.03. The van der Waals surface area contributed by atoms with Crippen LogP contribution < -0.4 is 0 Å². The summed E-state index contributed by atoms with van der Waals surface area (Å²) in [4.78, 5) is 46.6. The topological polar surface area (TPSA) is 127 Å². The van der Waals surface area contributed by atoms with Gasteiger partial charge in [-0.15, -0.1) is 0 Å². The van der Waals surface area contributed by atoms with Crippen LogP contribution in [-0.4, -0.2) is 45.2 Å². The molecule has 9 nitrogen and oxygen atoms in total. The minimum Gasteiger partial charge on any atom is -0.502 e. The number of benzene rings is 1. The first-order valence-corrected chi connectivity index (χ1v) is 7.88. The maximum atomic E-state index is 12.4.